The molecule has 2 amide bonds. The first-order valence-corrected chi connectivity index (χ1v) is 8.67. The number of methoxy groups -OCH3 is 1. The second-order valence-electron chi connectivity index (χ2n) is 5.41. The van der Waals surface area contributed by atoms with Gasteiger partial charge in [-0.3, -0.25) is 24.9 Å². The molecule has 3 rings (SSSR count). The molecule has 2 N–H and O–H groups in total. The maximum absolute atomic E-state index is 12.7. The van der Waals surface area contributed by atoms with Crippen molar-refractivity contribution in [1.29, 1.82) is 0 Å². The molecule has 3 aromatic rings. The lowest BCUT2D eigenvalue weighted by molar-refractivity contribution is 0.0957. The fourth-order valence-corrected chi connectivity index (χ4v) is 2.86. The third kappa shape index (κ3) is 4.06. The van der Waals surface area contributed by atoms with Crippen LogP contribution in [0, 0.1) is 6.92 Å². The Morgan fingerprint density at radius 3 is 2.56 bits per heavy atom. The Labute approximate surface area is 158 Å². The molecule has 0 aliphatic carbocycles. The molecule has 0 bridgehead atoms. The Kier molecular flexibility index (Phi) is 5.36. The lowest BCUT2D eigenvalue weighted by Crippen LogP contribution is -2.19. The van der Waals surface area contributed by atoms with Crippen LogP contribution in [-0.2, 0) is 0 Å². The summed E-state index contributed by atoms with van der Waals surface area (Å²) >= 11 is 1.11. The Balaban J connectivity index is 1.92. The van der Waals surface area contributed by atoms with Gasteiger partial charge in [0.15, 0.2) is 0 Å². The van der Waals surface area contributed by atoms with Gasteiger partial charge >= 0.3 is 0 Å². The van der Waals surface area contributed by atoms with Gasteiger partial charge in [-0.15, -0.1) is 5.10 Å². The van der Waals surface area contributed by atoms with Crippen LogP contribution in [0.15, 0.2) is 30.6 Å². The minimum Gasteiger partial charge on any atom is -0.472 e. The highest BCUT2D eigenvalue weighted by Gasteiger charge is 2.17. The Hall–Kier alpha value is -3.40. The molecule has 10 heteroatoms. The Morgan fingerprint density at radius 1 is 1.11 bits per heavy atom. The molecule has 9 nitrogen and oxygen atoms in total. The molecule has 0 fully saturated rings. The van der Waals surface area contributed by atoms with E-state index in [2.05, 4.69) is 30.8 Å². The normalized spacial score (nSPS) is 10.3. The van der Waals surface area contributed by atoms with Crippen LogP contribution < -0.4 is 15.4 Å². The molecule has 0 unspecified atom stereocenters. The van der Waals surface area contributed by atoms with Gasteiger partial charge in [-0.2, -0.15) is 0 Å². The second kappa shape index (κ2) is 7.87. The SMILES string of the molecule is CNC(=O)c1ccc(-c2cc(C)ncc2C(=O)Nc2nnc(OC)s2)cn1. The molecule has 0 saturated heterocycles. The van der Waals surface area contributed by atoms with E-state index in [1.807, 2.05) is 6.92 Å². The molecule has 27 heavy (non-hydrogen) atoms. The number of nitrogens with one attached hydrogen (secondary N) is 2. The zero-order valence-electron chi connectivity index (χ0n) is 14.8. The van der Waals surface area contributed by atoms with Crippen molar-refractivity contribution in [1.82, 2.24) is 25.5 Å². The van der Waals surface area contributed by atoms with Gasteiger partial charge in [0.1, 0.15) is 5.69 Å². The maximum Gasteiger partial charge on any atom is 0.295 e. The molecule has 0 aromatic carbocycles. The summed E-state index contributed by atoms with van der Waals surface area (Å²) in [6.07, 6.45) is 3.04. The number of anilines is 1. The second-order valence-corrected chi connectivity index (χ2v) is 6.35. The van der Waals surface area contributed by atoms with Crippen LogP contribution in [0.1, 0.15) is 26.5 Å². The first kappa shape index (κ1) is 18.4. The van der Waals surface area contributed by atoms with Gasteiger partial charge in [0, 0.05) is 30.7 Å². The largest absolute Gasteiger partial charge is 0.472 e. The summed E-state index contributed by atoms with van der Waals surface area (Å²) in [5.74, 6) is -0.665. The minimum atomic E-state index is -0.383. The summed E-state index contributed by atoms with van der Waals surface area (Å²) in [6.45, 7) is 1.83. The number of pyridine rings is 2. The molecule has 0 aliphatic heterocycles. The quantitative estimate of drug-likeness (QED) is 0.690. The van der Waals surface area contributed by atoms with Gasteiger partial charge < -0.3 is 10.1 Å². The number of carbonyl (C=O) groups is 2. The van der Waals surface area contributed by atoms with Gasteiger partial charge in [-0.05, 0) is 36.0 Å². The van der Waals surface area contributed by atoms with Crippen molar-refractivity contribution in [2.45, 2.75) is 6.92 Å². The van der Waals surface area contributed by atoms with E-state index in [0.29, 0.717) is 32.7 Å². The third-order valence-corrected chi connectivity index (χ3v) is 4.42. The molecule has 3 heterocycles. The standard InChI is InChI=1S/C17H16N6O3S/c1-9-6-11(10-4-5-13(20-7-10)15(25)18-2)12(8-19-9)14(24)21-16-22-23-17(26-3)27-16/h4-8H,1-3H3,(H,18,25)(H,21,22,24). The molecule has 0 spiro atoms. The number of hydrogen-bond donors (Lipinski definition) is 2. The predicted molar refractivity (Wildman–Crippen MR) is 100 cm³/mol. The van der Waals surface area contributed by atoms with Crippen LogP contribution in [0.3, 0.4) is 0 Å². The molecular formula is C17H16N6O3S. The molecule has 138 valence electrons. The number of ether oxygens (including phenoxy) is 1. The minimum absolute atomic E-state index is 0.282. The average molecular weight is 384 g/mol. The van der Waals surface area contributed by atoms with Crippen LogP contribution >= 0.6 is 11.3 Å². The number of hydrogen-bond acceptors (Lipinski definition) is 8. The van der Waals surface area contributed by atoms with Crippen LogP contribution in [0.25, 0.3) is 11.1 Å². The molecule has 0 saturated carbocycles. The lowest BCUT2D eigenvalue weighted by atomic mass is 10.0. The predicted octanol–water partition coefficient (Wildman–Crippen LogP) is 1.92. The number of carbonyl (C=O) groups excluding carboxylic acids is 2. The van der Waals surface area contributed by atoms with Gasteiger partial charge in [0.2, 0.25) is 5.13 Å². The van der Waals surface area contributed by atoms with Crippen molar-refractivity contribution in [2.75, 3.05) is 19.5 Å². The van der Waals surface area contributed by atoms with E-state index >= 15 is 0 Å². The van der Waals surface area contributed by atoms with Crippen molar-refractivity contribution in [3.05, 3.63) is 47.5 Å². The number of amides is 2. The van der Waals surface area contributed by atoms with Crippen molar-refractivity contribution < 1.29 is 14.3 Å². The molecule has 0 aliphatic rings. The smallest absolute Gasteiger partial charge is 0.295 e. The van der Waals surface area contributed by atoms with Gasteiger partial charge in [-0.1, -0.05) is 11.2 Å². The van der Waals surface area contributed by atoms with Crippen molar-refractivity contribution >= 4 is 28.3 Å². The zero-order valence-corrected chi connectivity index (χ0v) is 15.6. The summed E-state index contributed by atoms with van der Waals surface area (Å²) < 4.78 is 4.97. The fraction of sp³-hybridized carbons (Fsp3) is 0.176. The van der Waals surface area contributed by atoms with Crippen LogP contribution in [0.5, 0.6) is 5.19 Å². The average Bonchev–Trinajstić information content (AvgIpc) is 3.14. The van der Waals surface area contributed by atoms with E-state index < -0.39 is 0 Å². The van der Waals surface area contributed by atoms with Gasteiger partial charge in [0.05, 0.1) is 12.7 Å². The summed E-state index contributed by atoms with van der Waals surface area (Å²) in [5.41, 5.74) is 2.72. The summed E-state index contributed by atoms with van der Waals surface area (Å²) in [4.78, 5) is 32.7. The van der Waals surface area contributed by atoms with E-state index in [1.54, 1.807) is 24.4 Å². The van der Waals surface area contributed by atoms with E-state index in [0.717, 1.165) is 17.0 Å². The number of nitrogens with zero attached hydrogens (tertiary/aromatic N) is 4. The lowest BCUT2D eigenvalue weighted by Gasteiger charge is -2.10. The topological polar surface area (TPSA) is 119 Å². The Morgan fingerprint density at radius 2 is 1.93 bits per heavy atom. The van der Waals surface area contributed by atoms with Crippen LogP contribution in [-0.4, -0.2) is 46.1 Å². The van der Waals surface area contributed by atoms with Crippen molar-refractivity contribution in [3.8, 4) is 16.3 Å². The van der Waals surface area contributed by atoms with Gasteiger partial charge in [0.25, 0.3) is 17.0 Å². The summed E-state index contributed by atoms with van der Waals surface area (Å²) in [7, 11) is 3.01. The van der Waals surface area contributed by atoms with Crippen LogP contribution in [0.4, 0.5) is 5.13 Å². The Bertz CT molecular complexity index is 987. The number of aromatic nitrogens is 4. The maximum atomic E-state index is 12.7. The highest BCUT2D eigenvalue weighted by molar-refractivity contribution is 7.17. The van der Waals surface area contributed by atoms with Gasteiger partial charge in [-0.25, -0.2) is 0 Å². The zero-order chi connectivity index (χ0) is 19.4. The first-order valence-electron chi connectivity index (χ1n) is 7.86. The monoisotopic (exact) mass is 384 g/mol. The highest BCUT2D eigenvalue weighted by Crippen LogP contribution is 2.26. The molecule has 0 radical (unpaired) electrons. The molecular weight excluding hydrogens is 368 g/mol. The van der Waals surface area contributed by atoms with E-state index in [9.17, 15) is 9.59 Å². The molecule has 0 atom stereocenters. The van der Waals surface area contributed by atoms with E-state index in [1.165, 1.54) is 20.4 Å². The summed E-state index contributed by atoms with van der Waals surface area (Å²) in [5, 5.41) is 13.5. The fourth-order valence-electron chi connectivity index (χ4n) is 2.30. The third-order valence-electron chi connectivity index (χ3n) is 3.62. The van der Waals surface area contributed by atoms with Crippen LogP contribution in [0.2, 0.25) is 0 Å². The first-order chi connectivity index (χ1) is 13.0. The van der Waals surface area contributed by atoms with Crippen molar-refractivity contribution in [2.24, 2.45) is 0 Å². The van der Waals surface area contributed by atoms with E-state index in [-0.39, 0.29) is 11.8 Å². The number of rotatable bonds is 5. The molecule has 3 aromatic heterocycles. The summed E-state index contributed by atoms with van der Waals surface area (Å²) in [6, 6.07) is 5.12. The van der Waals surface area contributed by atoms with Crippen molar-refractivity contribution in [3.63, 3.8) is 0 Å². The number of aryl methyl sites for hydroxylation is 1. The highest BCUT2D eigenvalue weighted by atomic mass is 32.1. The van der Waals surface area contributed by atoms with E-state index in [4.69, 9.17) is 4.74 Å².